The van der Waals surface area contributed by atoms with Gasteiger partial charge in [0.1, 0.15) is 0 Å². The van der Waals surface area contributed by atoms with E-state index in [1.807, 2.05) is 12.1 Å². The highest BCUT2D eigenvalue weighted by molar-refractivity contribution is 6.81. The van der Waals surface area contributed by atoms with Crippen molar-refractivity contribution in [2.24, 2.45) is 0 Å². The minimum absolute atomic E-state index is 1.20. The number of benzene rings is 1. The molecule has 0 fully saturated rings. The molecule has 0 radical (unpaired) electrons. The van der Waals surface area contributed by atoms with E-state index in [2.05, 4.69) is 61.9 Å². The Balaban J connectivity index is 3.15. The largest absolute Gasteiger partial charge is 0.128 e. The topological polar surface area (TPSA) is 0 Å². The van der Waals surface area contributed by atoms with E-state index in [9.17, 15) is 0 Å². The summed E-state index contributed by atoms with van der Waals surface area (Å²) >= 11 is 0. The Bertz CT molecular complexity index is 387. The second-order valence-electron chi connectivity index (χ2n) is 4.68. The molecule has 0 amide bonds. The molecule has 15 heavy (non-hydrogen) atoms. The van der Waals surface area contributed by atoms with Crippen LogP contribution in [-0.2, 0) is 0 Å². The van der Waals surface area contributed by atoms with Crippen LogP contribution in [0.5, 0.6) is 0 Å². The molecule has 0 spiro atoms. The van der Waals surface area contributed by atoms with E-state index in [1.165, 1.54) is 11.1 Å². The maximum Gasteiger partial charge on any atom is 0.0695 e. The summed E-state index contributed by atoms with van der Waals surface area (Å²) in [4.78, 5) is 0. The highest BCUT2D eigenvalue weighted by Gasteiger charge is 2.10. The van der Waals surface area contributed by atoms with Gasteiger partial charge in [-0.15, -0.1) is 5.73 Å². The summed E-state index contributed by atoms with van der Waals surface area (Å²) in [5.41, 5.74) is 7.73. The van der Waals surface area contributed by atoms with E-state index in [1.54, 1.807) is 0 Å². The lowest BCUT2D eigenvalue weighted by atomic mass is 10.1. The minimum atomic E-state index is -1.20. The molecule has 1 rings (SSSR count). The predicted molar refractivity (Wildman–Crippen MR) is 71.5 cm³/mol. The molecule has 0 aliphatic rings. The lowest BCUT2D eigenvalue weighted by molar-refractivity contribution is 1.62. The fourth-order valence-electron chi connectivity index (χ4n) is 1.42. The van der Waals surface area contributed by atoms with Gasteiger partial charge in [-0.25, -0.2) is 0 Å². The van der Waals surface area contributed by atoms with Crippen LogP contribution in [-0.4, -0.2) is 8.07 Å². The highest BCUT2D eigenvalue weighted by atomic mass is 28.3. The van der Waals surface area contributed by atoms with Crippen molar-refractivity contribution in [2.45, 2.75) is 19.6 Å². The van der Waals surface area contributed by atoms with E-state index in [4.69, 9.17) is 0 Å². The van der Waals surface area contributed by atoms with Crippen molar-refractivity contribution < 1.29 is 0 Å². The summed E-state index contributed by atoms with van der Waals surface area (Å²) in [5.74, 6) is 0. The third kappa shape index (κ3) is 4.16. The molecule has 1 aromatic rings. The molecule has 0 aliphatic carbocycles. The van der Waals surface area contributed by atoms with Crippen LogP contribution in [0.1, 0.15) is 5.56 Å². The average Bonchev–Trinajstić information content (AvgIpc) is 2.17. The van der Waals surface area contributed by atoms with E-state index >= 15 is 0 Å². The first-order valence-corrected chi connectivity index (χ1v) is 8.75. The molecule has 0 nitrogen and oxygen atoms in total. The van der Waals surface area contributed by atoms with Crippen LogP contribution < -0.4 is 0 Å². The van der Waals surface area contributed by atoms with Crippen molar-refractivity contribution >= 4 is 13.6 Å². The molecule has 1 aromatic carbocycles. The molecule has 0 aliphatic heterocycles. The molecule has 1 heteroatoms. The van der Waals surface area contributed by atoms with Crippen molar-refractivity contribution in [1.29, 1.82) is 0 Å². The Hall–Kier alpha value is -1.30. The molecule has 0 heterocycles. The predicted octanol–water partition coefficient (Wildman–Crippen LogP) is 4.29. The van der Waals surface area contributed by atoms with Gasteiger partial charge in [0.05, 0.1) is 8.07 Å². The molecule has 0 atom stereocenters. The molecular weight excluding hydrogens is 196 g/mol. The molecular formula is C14H18Si. The van der Waals surface area contributed by atoms with Gasteiger partial charge in [0, 0.05) is 0 Å². The van der Waals surface area contributed by atoms with Crippen LogP contribution in [0.2, 0.25) is 19.6 Å². The quantitative estimate of drug-likeness (QED) is 0.400. The summed E-state index contributed by atoms with van der Waals surface area (Å²) in [5, 5.41) is 0. The Morgan fingerprint density at radius 2 is 1.80 bits per heavy atom. The third-order valence-corrected chi connectivity index (χ3v) is 3.13. The Morgan fingerprint density at radius 3 is 2.27 bits per heavy atom. The summed E-state index contributed by atoms with van der Waals surface area (Å²) < 4.78 is 0. The molecule has 0 unspecified atom stereocenters. The monoisotopic (exact) mass is 214 g/mol. The number of allylic oxidation sites excluding steroid dienone is 2. The third-order valence-electron chi connectivity index (χ3n) is 1.95. The number of hydrogen-bond donors (Lipinski definition) is 0. The Kier molecular flexibility index (Phi) is 3.90. The van der Waals surface area contributed by atoms with Gasteiger partial charge >= 0.3 is 0 Å². The van der Waals surface area contributed by atoms with Gasteiger partial charge < -0.3 is 0 Å². The van der Waals surface area contributed by atoms with Crippen molar-refractivity contribution in [3.8, 4) is 0 Å². The highest BCUT2D eigenvalue weighted by Crippen LogP contribution is 2.18. The maximum atomic E-state index is 3.65. The molecule has 0 aromatic heterocycles. The maximum absolute atomic E-state index is 3.65. The van der Waals surface area contributed by atoms with Gasteiger partial charge in [0.25, 0.3) is 0 Å². The average molecular weight is 214 g/mol. The lowest BCUT2D eigenvalue weighted by Gasteiger charge is -2.12. The van der Waals surface area contributed by atoms with Crippen LogP contribution in [0.4, 0.5) is 0 Å². The van der Waals surface area contributed by atoms with Crippen LogP contribution >= 0.6 is 0 Å². The molecule has 0 saturated carbocycles. The van der Waals surface area contributed by atoms with Crippen molar-refractivity contribution in [3.05, 3.63) is 60.0 Å². The van der Waals surface area contributed by atoms with E-state index in [-0.39, 0.29) is 0 Å². The zero-order valence-corrected chi connectivity index (χ0v) is 10.7. The first-order chi connectivity index (χ1) is 7.03. The van der Waals surface area contributed by atoms with Gasteiger partial charge in [-0.1, -0.05) is 62.3 Å². The molecule has 78 valence electrons. The first kappa shape index (κ1) is 11.8. The van der Waals surface area contributed by atoms with Crippen molar-refractivity contribution in [1.82, 2.24) is 0 Å². The minimum Gasteiger partial charge on any atom is -0.128 e. The van der Waals surface area contributed by atoms with E-state index < -0.39 is 8.07 Å². The van der Waals surface area contributed by atoms with Gasteiger partial charge in [-0.2, -0.15) is 0 Å². The molecule has 0 N–H and O–H groups in total. The SMILES string of the molecule is C=C=CC(=C[Si](C)(C)C)c1ccccc1. The van der Waals surface area contributed by atoms with Crippen LogP contribution in [0.15, 0.2) is 54.4 Å². The lowest BCUT2D eigenvalue weighted by Crippen LogP contribution is -2.16. The summed E-state index contributed by atoms with van der Waals surface area (Å²) in [6.07, 6.45) is 1.97. The van der Waals surface area contributed by atoms with Gasteiger partial charge in [0.15, 0.2) is 0 Å². The van der Waals surface area contributed by atoms with Gasteiger partial charge in [-0.05, 0) is 17.2 Å². The summed E-state index contributed by atoms with van der Waals surface area (Å²) in [6, 6.07) is 10.4. The standard InChI is InChI=1S/C14H18Si/c1-5-9-14(12-15(2,3)4)13-10-7-6-8-11-13/h6-12H,1H2,2-4H3. The Morgan fingerprint density at radius 1 is 1.20 bits per heavy atom. The van der Waals surface area contributed by atoms with Crippen LogP contribution in [0.25, 0.3) is 5.57 Å². The van der Waals surface area contributed by atoms with Crippen LogP contribution in [0.3, 0.4) is 0 Å². The fraction of sp³-hybridized carbons (Fsp3) is 0.214. The zero-order chi connectivity index (χ0) is 11.3. The second kappa shape index (κ2) is 4.97. The van der Waals surface area contributed by atoms with E-state index in [0.717, 1.165) is 0 Å². The summed E-state index contributed by atoms with van der Waals surface area (Å²) in [7, 11) is -1.20. The molecule has 0 bridgehead atoms. The first-order valence-electron chi connectivity index (χ1n) is 5.17. The Labute approximate surface area is 93.7 Å². The summed E-state index contributed by atoms with van der Waals surface area (Å²) in [6.45, 7) is 10.6. The normalized spacial score (nSPS) is 12.1. The zero-order valence-electron chi connectivity index (χ0n) is 9.75. The number of hydrogen-bond acceptors (Lipinski definition) is 0. The van der Waals surface area contributed by atoms with Crippen molar-refractivity contribution in [2.75, 3.05) is 0 Å². The van der Waals surface area contributed by atoms with Gasteiger partial charge in [0.2, 0.25) is 0 Å². The molecule has 0 saturated heterocycles. The smallest absolute Gasteiger partial charge is 0.0695 e. The van der Waals surface area contributed by atoms with Crippen molar-refractivity contribution in [3.63, 3.8) is 0 Å². The number of rotatable bonds is 3. The second-order valence-corrected chi connectivity index (χ2v) is 9.70. The van der Waals surface area contributed by atoms with Crippen LogP contribution in [0, 0.1) is 0 Å². The fourth-order valence-corrected chi connectivity index (χ4v) is 2.60. The van der Waals surface area contributed by atoms with E-state index in [0.29, 0.717) is 0 Å². The van der Waals surface area contributed by atoms with Gasteiger partial charge in [-0.3, -0.25) is 0 Å².